The Morgan fingerprint density at radius 2 is 1.29 bits per heavy atom. The summed E-state index contributed by atoms with van der Waals surface area (Å²) in [5.41, 5.74) is 13.8. The van der Waals surface area contributed by atoms with Gasteiger partial charge in [-0.05, 0) is 27.8 Å². The summed E-state index contributed by atoms with van der Waals surface area (Å²) >= 11 is 0. The topological polar surface area (TPSA) is 61.9 Å². The molecule has 0 saturated carbocycles. The van der Waals surface area contributed by atoms with Crippen molar-refractivity contribution in [3.63, 3.8) is 0 Å². The summed E-state index contributed by atoms with van der Waals surface area (Å²) in [6.07, 6.45) is 0. The molecule has 6 heteroatoms. The first kappa shape index (κ1) is 19.6. The molecule has 0 aromatic carbocycles. The van der Waals surface area contributed by atoms with Crippen molar-refractivity contribution in [2.75, 3.05) is 7.05 Å². The summed E-state index contributed by atoms with van der Waals surface area (Å²) in [5.74, 6) is 0. The van der Waals surface area contributed by atoms with E-state index in [4.69, 9.17) is 11.1 Å². The molecule has 0 aliphatic rings. The molecule has 4 nitrogen and oxygen atoms in total. The van der Waals surface area contributed by atoms with E-state index in [1.54, 1.807) is 0 Å². The first-order valence-corrected chi connectivity index (χ1v) is 7.74. The minimum Gasteiger partial charge on any atom is -0.373 e. The summed E-state index contributed by atoms with van der Waals surface area (Å²) in [6.45, 7) is 13.9. The first-order valence-electron chi connectivity index (χ1n) is 4.29. The van der Waals surface area contributed by atoms with Gasteiger partial charge >= 0.3 is 18.9 Å². The van der Waals surface area contributed by atoms with Crippen molar-refractivity contribution in [3.05, 3.63) is 16.0 Å². The van der Waals surface area contributed by atoms with Crippen LogP contribution in [0.4, 0.5) is 0 Å². The minimum atomic E-state index is -1.06. The summed E-state index contributed by atoms with van der Waals surface area (Å²) in [6, 6.07) is 0. The quantitative estimate of drug-likeness (QED) is 0.267. The average molecular weight is 208 g/mol. The van der Waals surface area contributed by atoms with Gasteiger partial charge in [-0.1, -0.05) is 19.6 Å². The van der Waals surface area contributed by atoms with Crippen molar-refractivity contribution in [3.8, 4) is 0 Å². The Bertz CT molecular complexity index is 163. The fraction of sp³-hybridized carbons (Fsp3) is 1.00. The van der Waals surface area contributed by atoms with Crippen molar-refractivity contribution in [2.45, 2.75) is 46.0 Å². The van der Waals surface area contributed by atoms with Gasteiger partial charge in [0.1, 0.15) is 8.24 Å². The Labute approximate surface area is 101 Å². The Balaban J connectivity index is -0.000000267. The molecule has 0 aliphatic carbocycles. The number of nitrogens with zero attached hydrogens (tertiary/aromatic N) is 4. The second-order valence-corrected chi connectivity index (χ2v) is 10.0. The summed E-state index contributed by atoms with van der Waals surface area (Å²) in [7, 11) is 1.17. The molecule has 0 rings (SSSR count). The van der Waals surface area contributed by atoms with Gasteiger partial charge in [0.15, 0.2) is 0 Å². The Hall–Kier alpha value is 0.0843. The Morgan fingerprint density at radius 3 is 1.29 bits per heavy atom. The standard InChI is InChI=1S/C8H21NSi.Li.N3/c1-8(2,3)9(4)10(5,6)7;;1-3-2/h1-7H3;;/q;+1;-1. The molecule has 14 heavy (non-hydrogen) atoms. The number of hydrogen-bond acceptors (Lipinski definition) is 1. The maximum atomic E-state index is 6.75. The van der Waals surface area contributed by atoms with Crippen LogP contribution >= 0.6 is 0 Å². The molecule has 0 unspecified atom stereocenters. The molecule has 0 aliphatic heterocycles. The van der Waals surface area contributed by atoms with E-state index < -0.39 is 8.24 Å². The van der Waals surface area contributed by atoms with Crippen molar-refractivity contribution in [2.24, 2.45) is 0 Å². The monoisotopic (exact) mass is 208 g/mol. The molecular formula is C8H21LiN4Si. The van der Waals surface area contributed by atoms with Crippen LogP contribution in [0.2, 0.25) is 19.6 Å². The number of rotatable bonds is 1. The third-order valence-electron chi connectivity index (χ3n) is 2.01. The van der Waals surface area contributed by atoms with Gasteiger partial charge in [-0.25, -0.2) is 0 Å². The van der Waals surface area contributed by atoms with Crippen LogP contribution in [0.5, 0.6) is 0 Å². The first-order chi connectivity index (χ1) is 5.57. The van der Waals surface area contributed by atoms with Gasteiger partial charge in [0.2, 0.25) is 0 Å². The van der Waals surface area contributed by atoms with Gasteiger partial charge in [-0.15, -0.1) is 0 Å². The van der Waals surface area contributed by atoms with Crippen molar-refractivity contribution < 1.29 is 18.9 Å². The van der Waals surface area contributed by atoms with E-state index >= 15 is 0 Å². The molecule has 0 amide bonds. The molecule has 0 aromatic rings. The van der Waals surface area contributed by atoms with Gasteiger partial charge in [0, 0.05) is 5.54 Å². The van der Waals surface area contributed by atoms with E-state index in [2.05, 4.69) is 52.0 Å². The van der Waals surface area contributed by atoms with Crippen molar-refractivity contribution in [1.82, 2.24) is 4.57 Å². The predicted octanol–water partition coefficient (Wildman–Crippen LogP) is 0.422. The summed E-state index contributed by atoms with van der Waals surface area (Å²) < 4.78 is 2.51. The van der Waals surface area contributed by atoms with Crippen LogP contribution in [0.3, 0.4) is 0 Å². The van der Waals surface area contributed by atoms with E-state index in [9.17, 15) is 0 Å². The maximum Gasteiger partial charge on any atom is 1.00 e. The fourth-order valence-electron chi connectivity index (χ4n) is 1.01. The summed E-state index contributed by atoms with van der Waals surface area (Å²) in [4.78, 5) is 1.50. The average Bonchev–Trinajstić information content (AvgIpc) is 1.84. The fourth-order valence-corrected chi connectivity index (χ4v) is 3.02. The maximum absolute atomic E-state index is 6.75. The second-order valence-electron chi connectivity index (χ2n) is 4.99. The molecule has 0 bridgehead atoms. The van der Waals surface area contributed by atoms with Crippen LogP contribution in [0.25, 0.3) is 16.0 Å². The van der Waals surface area contributed by atoms with Gasteiger partial charge in [0.05, 0.1) is 0 Å². The second kappa shape index (κ2) is 7.39. The smallest absolute Gasteiger partial charge is 0.373 e. The van der Waals surface area contributed by atoms with E-state index in [-0.39, 0.29) is 18.9 Å². The summed E-state index contributed by atoms with van der Waals surface area (Å²) in [5, 5.41) is 0. The van der Waals surface area contributed by atoms with E-state index in [1.165, 1.54) is 4.91 Å². The minimum absolute atomic E-state index is 0. The van der Waals surface area contributed by atoms with E-state index in [0.717, 1.165) is 0 Å². The van der Waals surface area contributed by atoms with Crippen LogP contribution in [0.15, 0.2) is 0 Å². The number of hydrogen-bond donors (Lipinski definition) is 0. The molecular weight excluding hydrogens is 187 g/mol. The molecule has 0 heterocycles. The molecule has 0 aromatic heterocycles. The SMILES string of the molecule is CN(C(C)(C)C)[Si](C)(C)C.[Li+].[N-]=[N+]=[N-]. The van der Waals surface area contributed by atoms with Crippen LogP contribution in [0.1, 0.15) is 20.8 Å². The molecule has 0 spiro atoms. The Morgan fingerprint density at radius 1 is 1.07 bits per heavy atom. The van der Waals surface area contributed by atoms with Gasteiger partial charge in [0.25, 0.3) is 0 Å². The normalized spacial score (nSPS) is 10.9. The molecule has 78 valence electrons. The zero-order valence-electron chi connectivity index (χ0n) is 10.8. The van der Waals surface area contributed by atoms with Crippen LogP contribution in [-0.4, -0.2) is 25.4 Å². The van der Waals surface area contributed by atoms with Gasteiger partial charge in [-0.2, -0.15) is 0 Å². The predicted molar refractivity (Wildman–Crippen MR) is 60.9 cm³/mol. The van der Waals surface area contributed by atoms with E-state index in [1.807, 2.05) is 0 Å². The Kier molecular flexibility index (Phi) is 10.4. The third-order valence-corrected chi connectivity index (χ3v) is 4.70. The van der Waals surface area contributed by atoms with Gasteiger partial charge in [-0.3, -0.25) is 4.91 Å². The molecule has 0 fully saturated rings. The molecule has 0 atom stereocenters. The zero-order chi connectivity index (χ0) is 11.3. The largest absolute Gasteiger partial charge is 1.00 e. The molecule has 0 radical (unpaired) electrons. The third kappa shape index (κ3) is 10.2. The van der Waals surface area contributed by atoms with Crippen molar-refractivity contribution >= 4 is 8.24 Å². The van der Waals surface area contributed by atoms with Crippen LogP contribution in [0, 0.1) is 0 Å². The van der Waals surface area contributed by atoms with Crippen LogP contribution in [-0.2, 0) is 0 Å². The zero-order valence-corrected chi connectivity index (χ0v) is 11.8. The molecule has 0 N–H and O–H groups in total. The molecule has 0 saturated heterocycles. The van der Waals surface area contributed by atoms with Crippen LogP contribution < -0.4 is 18.9 Å². The van der Waals surface area contributed by atoms with Crippen molar-refractivity contribution in [1.29, 1.82) is 0 Å². The van der Waals surface area contributed by atoms with E-state index in [0.29, 0.717) is 5.54 Å². The van der Waals surface area contributed by atoms with Gasteiger partial charge < -0.3 is 15.6 Å².